The van der Waals surface area contributed by atoms with Crippen molar-refractivity contribution in [2.75, 3.05) is 11.9 Å². The Kier molecular flexibility index (Phi) is 3.31. The zero-order chi connectivity index (χ0) is 11.6. The molecule has 0 saturated carbocycles. The lowest BCUT2D eigenvalue weighted by molar-refractivity contribution is 0.0695. The highest BCUT2D eigenvalue weighted by atomic mass is 35.5. The summed E-state index contributed by atoms with van der Waals surface area (Å²) in [6.07, 6.45) is 0. The first-order valence-corrected chi connectivity index (χ1v) is 4.60. The maximum atomic E-state index is 11.4. The topological polar surface area (TPSA) is 84.2 Å². The second kappa shape index (κ2) is 4.31. The third-order valence-corrected chi connectivity index (χ3v) is 2.02. The predicted molar refractivity (Wildman–Crippen MR) is 55.6 cm³/mol. The lowest BCUT2D eigenvalue weighted by atomic mass is 10.2. The van der Waals surface area contributed by atoms with Crippen molar-refractivity contribution < 1.29 is 9.90 Å². The number of anilines is 1. The Labute approximate surface area is 90.5 Å². The lowest BCUT2D eigenvalue weighted by Crippen LogP contribution is -2.24. The molecule has 7 heteroatoms. The molecule has 1 heterocycles. The predicted octanol–water partition coefficient (Wildman–Crippen LogP) is 0.564. The van der Waals surface area contributed by atoms with E-state index in [-0.39, 0.29) is 16.5 Å². The van der Waals surface area contributed by atoms with Gasteiger partial charge in [-0.3, -0.25) is 9.48 Å². The van der Waals surface area contributed by atoms with Crippen LogP contribution in [0.3, 0.4) is 0 Å². The highest BCUT2D eigenvalue weighted by molar-refractivity contribution is 6.29. The van der Waals surface area contributed by atoms with Gasteiger partial charge in [0.05, 0.1) is 0 Å². The van der Waals surface area contributed by atoms with Crippen molar-refractivity contribution >= 4 is 23.4 Å². The maximum absolute atomic E-state index is 11.4. The Balaban J connectivity index is 3.54. The van der Waals surface area contributed by atoms with Gasteiger partial charge in [0.1, 0.15) is 5.82 Å². The van der Waals surface area contributed by atoms with Gasteiger partial charge in [-0.1, -0.05) is 11.6 Å². The van der Waals surface area contributed by atoms with E-state index in [2.05, 4.69) is 10.4 Å². The minimum Gasteiger partial charge on any atom is -0.477 e. The van der Waals surface area contributed by atoms with E-state index >= 15 is 0 Å². The summed E-state index contributed by atoms with van der Waals surface area (Å²) in [5.41, 5.74) is -1.17. The molecule has 6 nitrogen and oxygen atoms in total. The van der Waals surface area contributed by atoms with Crippen LogP contribution in [-0.2, 0) is 7.05 Å². The van der Waals surface area contributed by atoms with Crippen molar-refractivity contribution in [1.29, 1.82) is 0 Å². The fourth-order valence-corrected chi connectivity index (χ4v) is 1.38. The number of nitrogens with one attached hydrogen (secondary N) is 1. The standard InChI is InChI=1S/C8H10ClN3O3/c1-3-10-7-4(8(14)15)5(13)6(9)11-12(7)2/h10H,3H2,1-2H3,(H,14,15). The molecule has 0 aromatic carbocycles. The molecule has 0 radical (unpaired) electrons. The van der Waals surface area contributed by atoms with E-state index in [0.29, 0.717) is 6.54 Å². The van der Waals surface area contributed by atoms with Gasteiger partial charge < -0.3 is 10.4 Å². The first-order chi connectivity index (χ1) is 6.99. The van der Waals surface area contributed by atoms with E-state index in [1.807, 2.05) is 0 Å². The SMILES string of the molecule is CCNc1c(C(=O)O)c(=O)c(Cl)nn1C. The molecule has 15 heavy (non-hydrogen) atoms. The number of hydrogen-bond acceptors (Lipinski definition) is 4. The van der Waals surface area contributed by atoms with Crippen molar-refractivity contribution in [2.24, 2.45) is 7.05 Å². The summed E-state index contributed by atoms with van der Waals surface area (Å²) in [5, 5.41) is 15.0. The quantitative estimate of drug-likeness (QED) is 0.794. The van der Waals surface area contributed by atoms with Gasteiger partial charge in [0, 0.05) is 13.6 Å². The molecule has 82 valence electrons. The van der Waals surface area contributed by atoms with Crippen molar-refractivity contribution in [3.05, 3.63) is 20.9 Å². The van der Waals surface area contributed by atoms with Crippen molar-refractivity contribution in [2.45, 2.75) is 6.92 Å². The minimum absolute atomic E-state index is 0.152. The Morgan fingerprint density at radius 2 is 2.27 bits per heavy atom. The van der Waals surface area contributed by atoms with E-state index in [1.165, 1.54) is 11.7 Å². The lowest BCUT2D eigenvalue weighted by Gasteiger charge is -2.11. The number of aryl methyl sites for hydroxylation is 1. The van der Waals surface area contributed by atoms with Crippen LogP contribution in [0.15, 0.2) is 4.79 Å². The zero-order valence-electron chi connectivity index (χ0n) is 8.24. The molecule has 0 atom stereocenters. The second-order valence-corrected chi connectivity index (χ2v) is 3.16. The van der Waals surface area contributed by atoms with E-state index in [9.17, 15) is 9.59 Å². The number of aromatic nitrogens is 2. The van der Waals surface area contributed by atoms with E-state index in [1.54, 1.807) is 6.92 Å². The van der Waals surface area contributed by atoms with Crippen LogP contribution in [0.4, 0.5) is 5.82 Å². The van der Waals surface area contributed by atoms with Crippen LogP contribution in [0.25, 0.3) is 0 Å². The second-order valence-electron chi connectivity index (χ2n) is 2.80. The maximum Gasteiger partial charge on any atom is 0.343 e. The highest BCUT2D eigenvalue weighted by Crippen LogP contribution is 2.11. The normalized spacial score (nSPS) is 10.1. The Morgan fingerprint density at radius 1 is 1.67 bits per heavy atom. The number of carboxylic acid groups (broad SMARTS) is 1. The van der Waals surface area contributed by atoms with Crippen molar-refractivity contribution in [3.63, 3.8) is 0 Å². The van der Waals surface area contributed by atoms with Crippen LogP contribution < -0.4 is 10.7 Å². The molecule has 0 saturated heterocycles. The summed E-state index contributed by atoms with van der Waals surface area (Å²) >= 11 is 5.50. The number of hydrogen-bond donors (Lipinski definition) is 2. The molecular weight excluding hydrogens is 222 g/mol. The number of carboxylic acids is 1. The van der Waals surface area contributed by atoms with Gasteiger partial charge in [-0.05, 0) is 6.92 Å². The van der Waals surface area contributed by atoms with Gasteiger partial charge in [0.25, 0.3) is 0 Å². The van der Waals surface area contributed by atoms with Crippen LogP contribution in [0.2, 0.25) is 5.15 Å². The molecule has 1 rings (SSSR count). The average Bonchev–Trinajstić information content (AvgIpc) is 2.14. The number of aromatic carboxylic acids is 1. The third kappa shape index (κ3) is 2.10. The molecule has 0 amide bonds. The first kappa shape index (κ1) is 11.5. The summed E-state index contributed by atoms with van der Waals surface area (Å²) in [6.45, 7) is 2.27. The van der Waals surface area contributed by atoms with E-state index in [0.717, 1.165) is 0 Å². The molecule has 0 aliphatic rings. The van der Waals surface area contributed by atoms with Crippen LogP contribution in [0.5, 0.6) is 0 Å². The molecule has 0 bridgehead atoms. The molecule has 0 aliphatic carbocycles. The summed E-state index contributed by atoms with van der Waals surface area (Å²) < 4.78 is 1.23. The molecule has 0 unspecified atom stereocenters. The van der Waals surface area contributed by atoms with Crippen LogP contribution in [0.1, 0.15) is 17.3 Å². The fourth-order valence-electron chi connectivity index (χ4n) is 1.17. The van der Waals surface area contributed by atoms with Gasteiger partial charge in [0.15, 0.2) is 10.7 Å². The van der Waals surface area contributed by atoms with Gasteiger partial charge in [-0.2, -0.15) is 5.10 Å². The summed E-state index contributed by atoms with van der Waals surface area (Å²) in [7, 11) is 1.51. The Morgan fingerprint density at radius 3 is 2.73 bits per heavy atom. The number of nitrogens with zero attached hydrogens (tertiary/aromatic N) is 2. The minimum atomic E-state index is -1.32. The molecule has 1 aromatic heterocycles. The van der Waals surface area contributed by atoms with Crippen molar-refractivity contribution in [1.82, 2.24) is 9.78 Å². The molecule has 0 spiro atoms. The first-order valence-electron chi connectivity index (χ1n) is 4.23. The summed E-state index contributed by atoms with van der Waals surface area (Å²) in [4.78, 5) is 22.3. The highest BCUT2D eigenvalue weighted by Gasteiger charge is 2.20. The largest absolute Gasteiger partial charge is 0.477 e. The van der Waals surface area contributed by atoms with Crippen molar-refractivity contribution in [3.8, 4) is 0 Å². The summed E-state index contributed by atoms with van der Waals surface area (Å²) in [6, 6.07) is 0. The Bertz CT molecular complexity index is 455. The van der Waals surface area contributed by atoms with E-state index < -0.39 is 11.4 Å². The number of carbonyl (C=O) groups is 1. The van der Waals surface area contributed by atoms with Crippen LogP contribution in [-0.4, -0.2) is 27.4 Å². The van der Waals surface area contributed by atoms with Crippen LogP contribution in [0, 0.1) is 0 Å². The average molecular weight is 232 g/mol. The number of rotatable bonds is 3. The zero-order valence-corrected chi connectivity index (χ0v) is 9.00. The van der Waals surface area contributed by atoms with Gasteiger partial charge in [-0.15, -0.1) is 0 Å². The summed E-state index contributed by atoms with van der Waals surface area (Å²) in [5.74, 6) is -1.17. The number of halogens is 1. The fraction of sp³-hybridized carbons (Fsp3) is 0.375. The van der Waals surface area contributed by atoms with Gasteiger partial charge in [0.2, 0.25) is 5.43 Å². The van der Waals surface area contributed by atoms with E-state index in [4.69, 9.17) is 16.7 Å². The van der Waals surface area contributed by atoms with Gasteiger partial charge in [-0.25, -0.2) is 4.79 Å². The monoisotopic (exact) mass is 231 g/mol. The molecule has 2 N–H and O–H groups in total. The molecule has 1 aromatic rings. The van der Waals surface area contributed by atoms with Gasteiger partial charge >= 0.3 is 5.97 Å². The third-order valence-electron chi connectivity index (χ3n) is 1.77. The smallest absolute Gasteiger partial charge is 0.343 e. The molecule has 0 fully saturated rings. The molecule has 0 aliphatic heterocycles. The van der Waals surface area contributed by atoms with Crippen LogP contribution >= 0.6 is 11.6 Å². The Hall–Kier alpha value is -1.56. The molecular formula is C8H10ClN3O3.